The summed E-state index contributed by atoms with van der Waals surface area (Å²) in [5.41, 5.74) is 2.69. The molecule has 4 rings (SSSR count). The van der Waals surface area contributed by atoms with Crippen molar-refractivity contribution >= 4 is 27.2 Å². The Hall–Kier alpha value is -1.93. The van der Waals surface area contributed by atoms with E-state index in [0.717, 1.165) is 42.8 Å². The number of halogens is 1. The normalized spacial score (nSPS) is 19.4. The first-order valence-electron chi connectivity index (χ1n) is 11.1. The Bertz CT molecular complexity index is 1070. The number of likely N-dealkylation sites (N-methyl/N-ethyl adjacent to an activating group) is 1. The number of nitrogens with zero attached hydrogens (tertiary/aromatic N) is 3. The Morgan fingerprint density at radius 2 is 1.72 bits per heavy atom. The summed E-state index contributed by atoms with van der Waals surface area (Å²) in [7, 11) is 0.0655. The predicted molar refractivity (Wildman–Crippen MR) is 128 cm³/mol. The van der Waals surface area contributed by atoms with Crippen LogP contribution in [0.25, 0.3) is 5.57 Å². The van der Waals surface area contributed by atoms with Crippen LogP contribution in [-0.2, 0) is 10.0 Å². The summed E-state index contributed by atoms with van der Waals surface area (Å²) in [6.07, 6.45) is 7.04. The van der Waals surface area contributed by atoms with Crippen molar-refractivity contribution in [3.8, 4) is 5.88 Å². The summed E-state index contributed by atoms with van der Waals surface area (Å²) in [4.78, 5) is 7.08. The van der Waals surface area contributed by atoms with E-state index in [-0.39, 0.29) is 0 Å². The molecule has 172 valence electrons. The first-order chi connectivity index (χ1) is 15.4. The molecule has 0 unspecified atom stereocenters. The third-order valence-corrected chi connectivity index (χ3v) is 8.55. The van der Waals surface area contributed by atoms with Gasteiger partial charge in [0, 0.05) is 31.8 Å². The van der Waals surface area contributed by atoms with Crippen molar-refractivity contribution in [1.29, 1.82) is 0 Å². The zero-order chi connectivity index (χ0) is 22.7. The predicted octanol–water partition coefficient (Wildman–Crippen LogP) is 4.30. The van der Waals surface area contributed by atoms with Crippen molar-refractivity contribution in [2.75, 3.05) is 40.3 Å². The number of benzene rings is 1. The molecule has 6 nitrogen and oxygen atoms in total. The first-order valence-corrected chi connectivity index (χ1v) is 12.9. The van der Waals surface area contributed by atoms with Crippen LogP contribution in [0.5, 0.6) is 5.88 Å². The number of hydrogen-bond acceptors (Lipinski definition) is 5. The third-order valence-electron chi connectivity index (χ3n) is 6.35. The summed E-state index contributed by atoms with van der Waals surface area (Å²) >= 11 is 6.19. The standard InChI is InChI=1S/C24H30ClN3O3S/c1-27-13-15-28(16-14-27)32(29,30)20-9-7-19(8-10-20)21(17-18-5-3-4-6-18)23-12-11-22(25)24(26-23)31-2/h7-12,17-18H,3-6,13-16H2,1-2H3/b21-17+. The van der Waals surface area contributed by atoms with Gasteiger partial charge in [-0.3, -0.25) is 0 Å². The Morgan fingerprint density at radius 1 is 1.06 bits per heavy atom. The van der Waals surface area contributed by atoms with Crippen molar-refractivity contribution < 1.29 is 13.2 Å². The number of allylic oxidation sites excluding steroid dienone is 1. The van der Waals surface area contributed by atoms with E-state index < -0.39 is 10.0 Å². The fraction of sp³-hybridized carbons (Fsp3) is 0.458. The van der Waals surface area contributed by atoms with Gasteiger partial charge in [-0.25, -0.2) is 13.4 Å². The summed E-state index contributed by atoms with van der Waals surface area (Å²) in [5, 5.41) is 0.463. The molecule has 8 heteroatoms. The molecule has 0 bridgehead atoms. The van der Waals surface area contributed by atoms with Crippen LogP contribution in [0.1, 0.15) is 36.9 Å². The van der Waals surface area contributed by atoms with E-state index in [2.05, 4.69) is 16.0 Å². The lowest BCUT2D eigenvalue weighted by atomic mass is 9.96. The van der Waals surface area contributed by atoms with Gasteiger partial charge in [0.1, 0.15) is 5.02 Å². The Balaban J connectivity index is 1.66. The molecule has 1 aromatic carbocycles. The number of methoxy groups -OCH3 is 1. The molecule has 2 aliphatic rings. The highest BCUT2D eigenvalue weighted by atomic mass is 35.5. The summed E-state index contributed by atoms with van der Waals surface area (Å²) in [6.45, 7) is 2.52. The van der Waals surface area contributed by atoms with Crippen molar-refractivity contribution in [2.45, 2.75) is 30.6 Å². The van der Waals surface area contributed by atoms with Crippen LogP contribution in [0, 0.1) is 5.92 Å². The average molecular weight is 476 g/mol. The minimum absolute atomic E-state index is 0.327. The van der Waals surface area contributed by atoms with E-state index in [4.69, 9.17) is 16.3 Å². The zero-order valence-corrected chi connectivity index (χ0v) is 20.2. The molecule has 0 atom stereocenters. The van der Waals surface area contributed by atoms with Crippen LogP contribution in [0.4, 0.5) is 0 Å². The Labute approximate surface area is 195 Å². The summed E-state index contributed by atoms with van der Waals surface area (Å²) in [5.74, 6) is 0.873. The van der Waals surface area contributed by atoms with Crippen molar-refractivity contribution in [3.63, 3.8) is 0 Å². The van der Waals surface area contributed by atoms with Crippen LogP contribution < -0.4 is 4.74 Å². The smallest absolute Gasteiger partial charge is 0.243 e. The SMILES string of the molecule is COc1nc(/C(=C/C2CCCC2)c2ccc(S(=O)(=O)N3CCN(C)CC3)cc2)ccc1Cl. The molecule has 1 saturated carbocycles. The number of sulfonamides is 1. The highest BCUT2D eigenvalue weighted by molar-refractivity contribution is 7.89. The van der Waals surface area contributed by atoms with Crippen LogP contribution in [0.3, 0.4) is 0 Å². The average Bonchev–Trinajstić information content (AvgIpc) is 3.32. The number of hydrogen-bond donors (Lipinski definition) is 0. The molecule has 0 radical (unpaired) electrons. The van der Waals surface area contributed by atoms with Gasteiger partial charge in [-0.2, -0.15) is 4.31 Å². The lowest BCUT2D eigenvalue weighted by Gasteiger charge is -2.31. The summed E-state index contributed by atoms with van der Waals surface area (Å²) in [6, 6.07) is 10.9. The number of aromatic nitrogens is 1. The van der Waals surface area contributed by atoms with E-state index in [1.807, 2.05) is 25.2 Å². The monoisotopic (exact) mass is 475 g/mol. The van der Waals surface area contributed by atoms with E-state index >= 15 is 0 Å². The van der Waals surface area contributed by atoms with Gasteiger partial charge in [0.05, 0.1) is 17.7 Å². The minimum Gasteiger partial charge on any atom is -0.480 e. The van der Waals surface area contributed by atoms with Gasteiger partial charge in [0.2, 0.25) is 15.9 Å². The lowest BCUT2D eigenvalue weighted by molar-refractivity contribution is 0.222. The minimum atomic E-state index is -3.50. The molecular formula is C24H30ClN3O3S. The molecule has 0 spiro atoms. The number of piperazine rings is 1. The second kappa shape index (κ2) is 9.91. The van der Waals surface area contributed by atoms with Crippen LogP contribution >= 0.6 is 11.6 Å². The van der Waals surface area contributed by atoms with Gasteiger partial charge < -0.3 is 9.64 Å². The molecule has 1 aliphatic carbocycles. The molecule has 1 saturated heterocycles. The highest BCUT2D eigenvalue weighted by Crippen LogP contribution is 2.34. The van der Waals surface area contributed by atoms with Crippen LogP contribution in [-0.4, -0.2) is 62.9 Å². The molecular weight excluding hydrogens is 446 g/mol. The maximum atomic E-state index is 13.1. The fourth-order valence-electron chi connectivity index (χ4n) is 4.39. The van der Waals surface area contributed by atoms with Gasteiger partial charge in [-0.1, -0.05) is 42.7 Å². The number of rotatable bonds is 6. The van der Waals surface area contributed by atoms with Crippen LogP contribution in [0.15, 0.2) is 47.4 Å². The van der Waals surface area contributed by atoms with Crippen molar-refractivity contribution in [3.05, 3.63) is 58.8 Å². The van der Waals surface area contributed by atoms with Gasteiger partial charge >= 0.3 is 0 Å². The van der Waals surface area contributed by atoms with Gasteiger partial charge in [0.15, 0.2) is 0 Å². The van der Waals surface area contributed by atoms with Crippen molar-refractivity contribution in [2.24, 2.45) is 5.92 Å². The third kappa shape index (κ3) is 5.01. The molecule has 0 N–H and O–H groups in total. The molecule has 2 fully saturated rings. The Morgan fingerprint density at radius 3 is 2.34 bits per heavy atom. The maximum Gasteiger partial charge on any atom is 0.243 e. The highest BCUT2D eigenvalue weighted by Gasteiger charge is 2.27. The first kappa shape index (κ1) is 23.2. The number of ether oxygens (including phenoxy) is 1. The van der Waals surface area contributed by atoms with E-state index in [0.29, 0.717) is 34.8 Å². The maximum absolute atomic E-state index is 13.1. The van der Waals surface area contributed by atoms with Gasteiger partial charge in [-0.15, -0.1) is 0 Å². The van der Waals surface area contributed by atoms with Gasteiger partial charge in [-0.05, 0) is 55.6 Å². The van der Waals surface area contributed by atoms with E-state index in [1.54, 1.807) is 29.6 Å². The lowest BCUT2D eigenvalue weighted by Crippen LogP contribution is -2.46. The van der Waals surface area contributed by atoms with E-state index in [9.17, 15) is 8.42 Å². The quantitative estimate of drug-likeness (QED) is 0.623. The van der Waals surface area contributed by atoms with Crippen LogP contribution in [0.2, 0.25) is 5.02 Å². The molecule has 1 aliphatic heterocycles. The molecule has 1 aromatic heterocycles. The molecule has 2 aromatic rings. The summed E-state index contributed by atoms with van der Waals surface area (Å²) < 4.78 is 33.1. The fourth-order valence-corrected chi connectivity index (χ4v) is 5.99. The second-order valence-corrected chi connectivity index (χ2v) is 10.9. The molecule has 0 amide bonds. The number of pyridine rings is 1. The second-order valence-electron chi connectivity index (χ2n) is 8.54. The topological polar surface area (TPSA) is 62.7 Å². The van der Waals surface area contributed by atoms with Crippen molar-refractivity contribution in [1.82, 2.24) is 14.2 Å². The largest absolute Gasteiger partial charge is 0.480 e. The van der Waals surface area contributed by atoms with Gasteiger partial charge in [0.25, 0.3) is 0 Å². The molecule has 2 heterocycles. The molecule has 32 heavy (non-hydrogen) atoms. The Kier molecular flexibility index (Phi) is 7.20. The van der Waals surface area contributed by atoms with E-state index in [1.165, 1.54) is 12.8 Å². The zero-order valence-electron chi connectivity index (χ0n) is 18.6.